The van der Waals surface area contributed by atoms with Crippen LogP contribution < -0.4 is 5.32 Å². The Morgan fingerprint density at radius 2 is 1.42 bits per heavy atom. The van der Waals surface area contributed by atoms with Crippen molar-refractivity contribution in [2.24, 2.45) is 17.8 Å². The third-order valence-electron chi connectivity index (χ3n) is 4.53. The van der Waals surface area contributed by atoms with Gasteiger partial charge in [0.05, 0.1) is 0 Å². The van der Waals surface area contributed by atoms with Crippen LogP contribution in [0.3, 0.4) is 0 Å². The average Bonchev–Trinajstić information content (AvgIpc) is 2.30. The normalized spacial score (nSPS) is 24.6. The summed E-state index contributed by atoms with van der Waals surface area (Å²) < 4.78 is 0. The molecule has 1 aliphatic rings. The zero-order chi connectivity index (χ0) is 14.3. The maximum absolute atomic E-state index is 3.98. The van der Waals surface area contributed by atoms with Crippen LogP contribution in [0.25, 0.3) is 0 Å². The van der Waals surface area contributed by atoms with Gasteiger partial charge in [-0.25, -0.2) is 0 Å². The average molecular weight is 268 g/mol. The second-order valence-electron chi connectivity index (χ2n) is 7.63. The first-order chi connectivity index (χ1) is 9.01. The van der Waals surface area contributed by atoms with E-state index in [4.69, 9.17) is 0 Å². The first kappa shape index (κ1) is 17.0. The minimum atomic E-state index is 0.743. The third kappa shape index (κ3) is 7.34. The summed E-state index contributed by atoms with van der Waals surface area (Å²) >= 11 is 0. The van der Waals surface area contributed by atoms with E-state index in [1.165, 1.54) is 51.4 Å². The van der Waals surface area contributed by atoms with Crippen molar-refractivity contribution >= 4 is 0 Å². The van der Waals surface area contributed by atoms with E-state index in [1.54, 1.807) is 0 Å². The SMILES string of the molecule is CCCC1CCC(NC(CC(C)C)CC(C)C)CC1. The lowest BCUT2D eigenvalue weighted by atomic mass is 9.83. The first-order valence-corrected chi connectivity index (χ1v) is 8.77. The van der Waals surface area contributed by atoms with E-state index in [-0.39, 0.29) is 0 Å². The summed E-state index contributed by atoms with van der Waals surface area (Å²) in [6, 6.07) is 1.54. The summed E-state index contributed by atoms with van der Waals surface area (Å²) in [4.78, 5) is 0. The summed E-state index contributed by atoms with van der Waals surface area (Å²) in [5.74, 6) is 2.65. The molecular weight excluding hydrogens is 230 g/mol. The minimum Gasteiger partial charge on any atom is -0.311 e. The second-order valence-corrected chi connectivity index (χ2v) is 7.63. The van der Waals surface area contributed by atoms with Crippen LogP contribution in [0.15, 0.2) is 0 Å². The Balaban J connectivity index is 2.34. The predicted molar refractivity (Wildman–Crippen MR) is 86.5 cm³/mol. The number of hydrogen-bond acceptors (Lipinski definition) is 1. The molecule has 0 heterocycles. The Labute approximate surface area is 121 Å². The van der Waals surface area contributed by atoms with E-state index < -0.39 is 0 Å². The summed E-state index contributed by atoms with van der Waals surface area (Å²) in [5, 5.41) is 3.98. The molecule has 1 N–H and O–H groups in total. The van der Waals surface area contributed by atoms with Crippen LogP contribution in [0.5, 0.6) is 0 Å². The largest absolute Gasteiger partial charge is 0.311 e. The number of rotatable bonds is 8. The Hall–Kier alpha value is -0.0400. The highest BCUT2D eigenvalue weighted by Gasteiger charge is 2.23. The van der Waals surface area contributed by atoms with Crippen molar-refractivity contribution in [3.63, 3.8) is 0 Å². The van der Waals surface area contributed by atoms with Crippen molar-refractivity contribution in [3.8, 4) is 0 Å². The van der Waals surface area contributed by atoms with Gasteiger partial charge < -0.3 is 5.32 Å². The van der Waals surface area contributed by atoms with Crippen molar-refractivity contribution in [1.82, 2.24) is 5.32 Å². The molecule has 1 saturated carbocycles. The highest BCUT2D eigenvalue weighted by atomic mass is 15.0. The molecule has 1 heteroatoms. The summed E-state index contributed by atoms with van der Waals surface area (Å²) in [6.07, 6.45) is 11.2. The summed E-state index contributed by atoms with van der Waals surface area (Å²) in [6.45, 7) is 11.7. The van der Waals surface area contributed by atoms with E-state index in [2.05, 4.69) is 39.9 Å². The van der Waals surface area contributed by atoms with Crippen molar-refractivity contribution in [1.29, 1.82) is 0 Å². The highest BCUT2D eigenvalue weighted by Crippen LogP contribution is 2.28. The summed E-state index contributed by atoms with van der Waals surface area (Å²) in [5.41, 5.74) is 0. The summed E-state index contributed by atoms with van der Waals surface area (Å²) in [7, 11) is 0. The number of hydrogen-bond donors (Lipinski definition) is 1. The van der Waals surface area contributed by atoms with Gasteiger partial charge in [-0.15, -0.1) is 0 Å². The smallest absolute Gasteiger partial charge is 0.00745 e. The molecule has 0 atom stereocenters. The van der Waals surface area contributed by atoms with Crippen LogP contribution in [0.2, 0.25) is 0 Å². The monoisotopic (exact) mass is 267 g/mol. The zero-order valence-electron chi connectivity index (χ0n) is 14.0. The van der Waals surface area contributed by atoms with Crippen LogP contribution in [0.1, 0.15) is 86.0 Å². The predicted octanol–water partition coefficient (Wildman–Crippen LogP) is 5.40. The van der Waals surface area contributed by atoms with E-state index in [0.717, 1.165) is 29.8 Å². The Bertz CT molecular complexity index is 204. The fourth-order valence-electron chi connectivity index (χ4n) is 3.73. The van der Waals surface area contributed by atoms with Gasteiger partial charge in [0.25, 0.3) is 0 Å². The zero-order valence-corrected chi connectivity index (χ0v) is 14.0. The second kappa shape index (κ2) is 9.00. The molecule has 0 unspecified atom stereocenters. The molecule has 0 aromatic carbocycles. The number of nitrogens with one attached hydrogen (secondary N) is 1. The minimum absolute atomic E-state index is 0.743. The van der Waals surface area contributed by atoms with Crippen molar-refractivity contribution in [3.05, 3.63) is 0 Å². The lowest BCUT2D eigenvalue weighted by Gasteiger charge is -2.33. The van der Waals surface area contributed by atoms with Crippen LogP contribution >= 0.6 is 0 Å². The lowest BCUT2D eigenvalue weighted by Crippen LogP contribution is -2.41. The molecule has 1 nitrogen and oxygen atoms in total. The van der Waals surface area contributed by atoms with Gasteiger partial charge in [0.15, 0.2) is 0 Å². The van der Waals surface area contributed by atoms with Crippen molar-refractivity contribution in [2.45, 2.75) is 98.1 Å². The Morgan fingerprint density at radius 3 is 1.84 bits per heavy atom. The van der Waals surface area contributed by atoms with Crippen molar-refractivity contribution < 1.29 is 0 Å². The highest BCUT2D eigenvalue weighted by molar-refractivity contribution is 4.81. The van der Waals surface area contributed by atoms with E-state index in [9.17, 15) is 0 Å². The maximum Gasteiger partial charge on any atom is 0.00745 e. The van der Waals surface area contributed by atoms with Crippen LogP contribution in [0, 0.1) is 17.8 Å². The molecule has 0 radical (unpaired) electrons. The van der Waals surface area contributed by atoms with E-state index in [1.807, 2.05) is 0 Å². The molecular formula is C18H37N. The van der Waals surface area contributed by atoms with E-state index in [0.29, 0.717) is 0 Å². The van der Waals surface area contributed by atoms with Gasteiger partial charge in [0.2, 0.25) is 0 Å². The molecule has 0 saturated heterocycles. The van der Waals surface area contributed by atoms with Gasteiger partial charge in [0, 0.05) is 12.1 Å². The van der Waals surface area contributed by atoms with Crippen LogP contribution in [-0.2, 0) is 0 Å². The topological polar surface area (TPSA) is 12.0 Å². The molecule has 0 aromatic rings. The lowest BCUT2D eigenvalue weighted by molar-refractivity contribution is 0.241. The Kier molecular flexibility index (Phi) is 8.06. The maximum atomic E-state index is 3.98. The molecule has 114 valence electrons. The van der Waals surface area contributed by atoms with Gasteiger partial charge in [-0.1, -0.05) is 47.5 Å². The molecule has 0 aromatic heterocycles. The molecule has 0 aliphatic heterocycles. The molecule has 1 rings (SSSR count). The van der Waals surface area contributed by atoms with Crippen LogP contribution in [0.4, 0.5) is 0 Å². The fourth-order valence-corrected chi connectivity index (χ4v) is 3.73. The quantitative estimate of drug-likeness (QED) is 0.621. The molecule has 19 heavy (non-hydrogen) atoms. The first-order valence-electron chi connectivity index (χ1n) is 8.77. The molecule has 0 bridgehead atoms. The van der Waals surface area contributed by atoms with Gasteiger partial charge in [-0.3, -0.25) is 0 Å². The third-order valence-corrected chi connectivity index (χ3v) is 4.53. The fraction of sp³-hybridized carbons (Fsp3) is 1.00. The Morgan fingerprint density at radius 1 is 0.895 bits per heavy atom. The molecule has 1 fully saturated rings. The van der Waals surface area contributed by atoms with Gasteiger partial charge in [-0.2, -0.15) is 0 Å². The molecule has 0 amide bonds. The van der Waals surface area contributed by atoms with Gasteiger partial charge in [-0.05, 0) is 56.3 Å². The standard InChI is InChI=1S/C18H37N/c1-6-7-16-8-10-17(11-9-16)19-18(12-14(2)3)13-15(4)5/h14-19H,6-13H2,1-5H3. The molecule has 0 spiro atoms. The van der Waals surface area contributed by atoms with Crippen molar-refractivity contribution in [2.75, 3.05) is 0 Å². The van der Waals surface area contributed by atoms with E-state index >= 15 is 0 Å². The van der Waals surface area contributed by atoms with Crippen LogP contribution in [-0.4, -0.2) is 12.1 Å². The molecule has 1 aliphatic carbocycles. The van der Waals surface area contributed by atoms with Gasteiger partial charge in [0.1, 0.15) is 0 Å². The van der Waals surface area contributed by atoms with Gasteiger partial charge >= 0.3 is 0 Å².